The molecule has 0 aromatic carbocycles. The summed E-state index contributed by atoms with van der Waals surface area (Å²) < 4.78 is 30.3. The molecule has 5 nitrogen and oxygen atoms in total. The molecule has 0 heterocycles. The van der Waals surface area contributed by atoms with Crippen LogP contribution in [0.4, 0.5) is 0 Å². The highest BCUT2D eigenvalue weighted by atomic mass is 32.2. The van der Waals surface area contributed by atoms with E-state index in [0.29, 0.717) is 18.9 Å². The maximum Gasteiger partial charge on any atom is 0.306 e. The number of rotatable bonds is 6. The van der Waals surface area contributed by atoms with Gasteiger partial charge in [-0.25, -0.2) is 8.42 Å². The minimum atomic E-state index is -3.21. The average Bonchev–Trinajstić information content (AvgIpc) is 3.17. The smallest absolute Gasteiger partial charge is 0.306 e. The molecule has 0 amide bonds. The Labute approximate surface area is 127 Å². The van der Waals surface area contributed by atoms with E-state index in [9.17, 15) is 13.2 Å². The van der Waals surface area contributed by atoms with E-state index in [4.69, 9.17) is 10.5 Å². The summed E-state index contributed by atoms with van der Waals surface area (Å²) in [5.41, 5.74) is 5.41. The molecule has 0 radical (unpaired) electrons. The van der Waals surface area contributed by atoms with Crippen LogP contribution in [0.1, 0.15) is 45.4 Å². The molecule has 2 aliphatic carbocycles. The predicted molar refractivity (Wildman–Crippen MR) is 81.4 cm³/mol. The third-order valence-electron chi connectivity index (χ3n) is 5.17. The van der Waals surface area contributed by atoms with Gasteiger partial charge >= 0.3 is 5.97 Å². The number of hydrogen-bond donors (Lipinski definition) is 1. The molecule has 0 aromatic heterocycles. The Hall–Kier alpha value is -0.620. The van der Waals surface area contributed by atoms with Gasteiger partial charge in [0.15, 0.2) is 9.84 Å². The van der Waals surface area contributed by atoms with Crippen LogP contribution in [-0.2, 0) is 19.4 Å². The van der Waals surface area contributed by atoms with Crippen LogP contribution >= 0.6 is 0 Å². The van der Waals surface area contributed by atoms with Crippen molar-refractivity contribution in [3.05, 3.63) is 0 Å². The summed E-state index contributed by atoms with van der Waals surface area (Å²) in [6.45, 7) is 2.54. The molecule has 122 valence electrons. The Kier molecular flexibility index (Phi) is 4.98. The van der Waals surface area contributed by atoms with Crippen LogP contribution in [0.15, 0.2) is 0 Å². The zero-order valence-corrected chi connectivity index (χ0v) is 13.8. The molecule has 3 atom stereocenters. The molecule has 2 saturated carbocycles. The first-order valence-electron chi connectivity index (χ1n) is 7.80. The van der Waals surface area contributed by atoms with Gasteiger partial charge in [-0.15, -0.1) is 0 Å². The fourth-order valence-corrected chi connectivity index (χ4v) is 6.48. The lowest BCUT2D eigenvalue weighted by Gasteiger charge is -2.34. The molecule has 2 rings (SSSR count). The lowest BCUT2D eigenvalue weighted by molar-refractivity contribution is -0.141. The van der Waals surface area contributed by atoms with E-state index in [1.54, 1.807) is 0 Å². The second-order valence-corrected chi connectivity index (χ2v) is 9.23. The highest BCUT2D eigenvalue weighted by Gasteiger charge is 2.50. The molecule has 6 heteroatoms. The Morgan fingerprint density at radius 2 is 2.00 bits per heavy atom. The number of carbonyl (C=O) groups is 1. The standard InChI is InChI=1S/C15H27NO4S/c1-11-3-4-12(9-16)13(7-11)21(18,19)10-15(5-6-15)8-14(17)20-2/h11-13H,3-10,16H2,1-2H3. The molecule has 2 aliphatic rings. The van der Waals surface area contributed by atoms with Crippen LogP contribution in [0.25, 0.3) is 0 Å². The minimum absolute atomic E-state index is 0.0696. The van der Waals surface area contributed by atoms with Gasteiger partial charge in [-0.3, -0.25) is 4.79 Å². The Morgan fingerprint density at radius 1 is 1.33 bits per heavy atom. The van der Waals surface area contributed by atoms with Crippen LogP contribution in [0, 0.1) is 17.3 Å². The first-order valence-corrected chi connectivity index (χ1v) is 9.52. The van der Waals surface area contributed by atoms with Crippen molar-refractivity contribution in [2.24, 2.45) is 23.0 Å². The maximum absolute atomic E-state index is 12.8. The van der Waals surface area contributed by atoms with Crippen LogP contribution in [0.2, 0.25) is 0 Å². The zero-order chi connectivity index (χ0) is 15.7. The fourth-order valence-electron chi connectivity index (χ4n) is 3.56. The largest absolute Gasteiger partial charge is 0.469 e. The summed E-state index contributed by atoms with van der Waals surface area (Å²) >= 11 is 0. The van der Waals surface area contributed by atoms with Crippen molar-refractivity contribution in [1.82, 2.24) is 0 Å². The van der Waals surface area contributed by atoms with Gasteiger partial charge in [0, 0.05) is 0 Å². The molecule has 0 saturated heterocycles. The van der Waals surface area contributed by atoms with E-state index in [2.05, 4.69) is 6.92 Å². The van der Waals surface area contributed by atoms with Gasteiger partial charge in [0.05, 0.1) is 24.5 Å². The number of methoxy groups -OCH3 is 1. The molecular weight excluding hydrogens is 290 g/mol. The first kappa shape index (κ1) is 16.7. The van der Waals surface area contributed by atoms with Crippen LogP contribution in [-0.4, -0.2) is 39.0 Å². The fraction of sp³-hybridized carbons (Fsp3) is 0.933. The summed E-state index contributed by atoms with van der Waals surface area (Å²) in [7, 11) is -1.87. The summed E-state index contributed by atoms with van der Waals surface area (Å²) in [5, 5.41) is -0.332. The van der Waals surface area contributed by atoms with Gasteiger partial charge in [-0.1, -0.05) is 13.3 Å². The summed E-state index contributed by atoms with van der Waals surface area (Å²) in [4.78, 5) is 11.5. The number of esters is 1. The second kappa shape index (κ2) is 6.24. The van der Waals surface area contributed by atoms with Gasteiger partial charge in [0.25, 0.3) is 0 Å². The van der Waals surface area contributed by atoms with E-state index in [-0.39, 0.29) is 34.7 Å². The predicted octanol–water partition coefficient (Wildman–Crippen LogP) is 1.51. The van der Waals surface area contributed by atoms with E-state index < -0.39 is 9.84 Å². The van der Waals surface area contributed by atoms with Crippen molar-refractivity contribution in [2.75, 3.05) is 19.4 Å². The van der Waals surface area contributed by atoms with Crippen molar-refractivity contribution >= 4 is 15.8 Å². The van der Waals surface area contributed by atoms with Gasteiger partial charge < -0.3 is 10.5 Å². The van der Waals surface area contributed by atoms with Crippen molar-refractivity contribution in [3.63, 3.8) is 0 Å². The van der Waals surface area contributed by atoms with Gasteiger partial charge in [0.2, 0.25) is 0 Å². The van der Waals surface area contributed by atoms with Crippen LogP contribution < -0.4 is 5.73 Å². The number of ether oxygens (including phenoxy) is 1. The molecule has 2 N–H and O–H groups in total. The SMILES string of the molecule is COC(=O)CC1(CS(=O)(=O)C2CC(C)CCC2CN)CC1. The topological polar surface area (TPSA) is 86.5 Å². The van der Waals surface area contributed by atoms with E-state index in [1.165, 1.54) is 7.11 Å². The molecule has 0 spiro atoms. The lowest BCUT2D eigenvalue weighted by Crippen LogP contribution is -2.42. The molecule has 2 fully saturated rings. The number of hydrogen-bond acceptors (Lipinski definition) is 5. The van der Waals surface area contributed by atoms with Crippen LogP contribution in [0.5, 0.6) is 0 Å². The number of nitrogens with two attached hydrogens (primary N) is 1. The maximum atomic E-state index is 12.8. The molecule has 21 heavy (non-hydrogen) atoms. The molecule has 0 aliphatic heterocycles. The Morgan fingerprint density at radius 3 is 2.52 bits per heavy atom. The van der Waals surface area contributed by atoms with Crippen molar-refractivity contribution < 1.29 is 17.9 Å². The number of carbonyl (C=O) groups excluding carboxylic acids is 1. The quantitative estimate of drug-likeness (QED) is 0.750. The minimum Gasteiger partial charge on any atom is -0.469 e. The molecule has 3 unspecified atom stereocenters. The molecule has 0 bridgehead atoms. The zero-order valence-electron chi connectivity index (χ0n) is 13.0. The normalized spacial score (nSPS) is 31.7. The number of sulfone groups is 1. The van der Waals surface area contributed by atoms with Crippen molar-refractivity contribution in [3.8, 4) is 0 Å². The van der Waals surface area contributed by atoms with Crippen molar-refractivity contribution in [1.29, 1.82) is 0 Å². The lowest BCUT2D eigenvalue weighted by atomic mass is 9.82. The Bertz CT molecular complexity index is 484. The highest BCUT2D eigenvalue weighted by Crippen LogP contribution is 2.51. The van der Waals surface area contributed by atoms with Gasteiger partial charge in [-0.05, 0) is 49.5 Å². The average molecular weight is 317 g/mol. The van der Waals surface area contributed by atoms with E-state index in [1.807, 2.05) is 0 Å². The third kappa shape index (κ3) is 3.97. The molecule has 0 aromatic rings. The monoisotopic (exact) mass is 317 g/mol. The van der Waals surface area contributed by atoms with Gasteiger partial charge in [-0.2, -0.15) is 0 Å². The summed E-state index contributed by atoms with van der Waals surface area (Å²) in [5.74, 6) is 0.307. The second-order valence-electron chi connectivity index (χ2n) is 7.01. The van der Waals surface area contributed by atoms with E-state index >= 15 is 0 Å². The molecular formula is C15H27NO4S. The highest BCUT2D eigenvalue weighted by molar-refractivity contribution is 7.92. The van der Waals surface area contributed by atoms with Crippen molar-refractivity contribution in [2.45, 2.75) is 50.7 Å². The summed E-state index contributed by atoms with van der Waals surface area (Å²) in [6, 6.07) is 0. The summed E-state index contributed by atoms with van der Waals surface area (Å²) in [6.07, 6.45) is 4.48. The van der Waals surface area contributed by atoms with Crippen LogP contribution in [0.3, 0.4) is 0 Å². The van der Waals surface area contributed by atoms with E-state index in [0.717, 1.165) is 25.7 Å². The first-order chi connectivity index (χ1) is 9.82. The van der Waals surface area contributed by atoms with Gasteiger partial charge in [0.1, 0.15) is 0 Å². The third-order valence-corrected chi connectivity index (χ3v) is 7.68. The Balaban J connectivity index is 2.08.